The van der Waals surface area contributed by atoms with Crippen molar-refractivity contribution in [2.24, 2.45) is 22.6 Å². The van der Waals surface area contributed by atoms with Crippen LogP contribution in [0.1, 0.15) is 42.6 Å². The molecule has 1 saturated carbocycles. The first-order chi connectivity index (χ1) is 15.6. The maximum Gasteiger partial charge on any atom is 0.409 e. The van der Waals surface area contributed by atoms with Crippen molar-refractivity contribution >= 4 is 23.5 Å². The summed E-state index contributed by atoms with van der Waals surface area (Å²) < 4.78 is 20.3. The summed E-state index contributed by atoms with van der Waals surface area (Å²) in [4.78, 5) is 26.2. The fourth-order valence-electron chi connectivity index (χ4n) is 4.18. The highest BCUT2D eigenvalue weighted by molar-refractivity contribution is 5.98. The first-order valence-corrected chi connectivity index (χ1v) is 10.9. The molecule has 1 aromatic heterocycles. The molecule has 1 aliphatic carbocycles. The van der Waals surface area contributed by atoms with Gasteiger partial charge in [0.05, 0.1) is 11.6 Å². The number of ether oxygens (including phenoxy) is 1. The molecule has 0 radical (unpaired) electrons. The molecule has 2 fully saturated rings. The highest BCUT2D eigenvalue weighted by atomic mass is 19.1. The first kappa shape index (κ1) is 23.0. The highest BCUT2D eigenvalue weighted by Gasteiger charge is 2.44. The molecular formula is C22H30FN7O3. The summed E-state index contributed by atoms with van der Waals surface area (Å²) in [5, 5.41) is 7.51. The minimum Gasteiger partial charge on any atom is -0.449 e. The summed E-state index contributed by atoms with van der Waals surface area (Å²) >= 11 is 0. The van der Waals surface area contributed by atoms with Crippen LogP contribution < -0.4 is 22.5 Å². The van der Waals surface area contributed by atoms with Crippen LogP contribution in [0.5, 0.6) is 0 Å². The van der Waals surface area contributed by atoms with E-state index in [2.05, 4.69) is 10.4 Å². The van der Waals surface area contributed by atoms with Gasteiger partial charge in [-0.15, -0.1) is 0 Å². The molecule has 178 valence electrons. The molecule has 10 nitrogen and oxygen atoms in total. The van der Waals surface area contributed by atoms with E-state index in [9.17, 15) is 14.0 Å². The zero-order valence-corrected chi connectivity index (χ0v) is 18.6. The van der Waals surface area contributed by atoms with E-state index in [1.54, 1.807) is 15.8 Å². The summed E-state index contributed by atoms with van der Waals surface area (Å²) in [5.41, 5.74) is 17.8. The zero-order chi connectivity index (χ0) is 23.8. The average Bonchev–Trinajstić information content (AvgIpc) is 3.44. The van der Waals surface area contributed by atoms with E-state index >= 15 is 0 Å². The number of halogens is 1. The predicted octanol–water partition coefficient (Wildman–Crippen LogP) is 1.70. The summed E-state index contributed by atoms with van der Waals surface area (Å²) in [6.07, 6.45) is 3.62. The van der Waals surface area contributed by atoms with Crippen LogP contribution in [-0.4, -0.2) is 58.5 Å². The minimum atomic E-state index is -0.837. The third-order valence-electron chi connectivity index (χ3n) is 6.54. The Morgan fingerprint density at radius 2 is 2.00 bits per heavy atom. The Kier molecular flexibility index (Phi) is 6.02. The quantitative estimate of drug-likeness (QED) is 0.491. The Bertz CT molecular complexity index is 1030. The second kappa shape index (κ2) is 8.64. The number of aromatic nitrogens is 2. The average molecular weight is 460 g/mol. The first-order valence-electron chi connectivity index (χ1n) is 10.9. The molecular weight excluding hydrogens is 429 g/mol. The Labute approximate surface area is 191 Å². The van der Waals surface area contributed by atoms with Crippen molar-refractivity contribution in [3.63, 3.8) is 0 Å². The van der Waals surface area contributed by atoms with Gasteiger partial charge in [0.2, 0.25) is 0 Å². The molecule has 11 heteroatoms. The Balaban J connectivity index is 1.46. The van der Waals surface area contributed by atoms with Gasteiger partial charge in [-0.25, -0.2) is 9.18 Å². The van der Waals surface area contributed by atoms with Crippen molar-refractivity contribution in [3.05, 3.63) is 41.8 Å². The number of amides is 2. The van der Waals surface area contributed by atoms with Gasteiger partial charge >= 0.3 is 6.09 Å². The number of nitrogens with one attached hydrogen (secondary N) is 1. The fraction of sp³-hybridized carbons (Fsp3) is 0.500. The number of likely N-dealkylation sites (tertiary alicyclic amines) is 1. The standard InChI is InChI=1S/C22H30FN7O3/c1-21(26)12-29(20(32)33-13-22(11-24)7-8-22)9-6-17(21)30-10-16(18(25)31)19(28-30)27-15-4-2-14(23)3-5-15/h2-5,10,17H,6-9,11-13,24,26H2,1H3,(H2,25,31)(H,27,28)/t17-,21+/m1/s1. The Hall–Kier alpha value is -3.18. The molecule has 4 rings (SSSR count). The molecule has 1 aromatic carbocycles. The summed E-state index contributed by atoms with van der Waals surface area (Å²) in [6, 6.07) is 5.38. The lowest BCUT2D eigenvalue weighted by Gasteiger charge is -2.43. The lowest BCUT2D eigenvalue weighted by Crippen LogP contribution is -2.59. The normalized spacial score (nSPS) is 23.8. The molecule has 2 aromatic rings. The third kappa shape index (κ3) is 4.93. The molecule has 33 heavy (non-hydrogen) atoms. The molecule has 0 spiro atoms. The van der Waals surface area contributed by atoms with Gasteiger partial charge in [-0.2, -0.15) is 5.10 Å². The summed E-state index contributed by atoms with van der Waals surface area (Å²) in [6.45, 7) is 3.35. The van der Waals surface area contributed by atoms with E-state index < -0.39 is 17.5 Å². The van der Waals surface area contributed by atoms with Crippen LogP contribution in [0.15, 0.2) is 30.5 Å². The number of carbonyl (C=O) groups is 2. The van der Waals surface area contributed by atoms with E-state index in [1.165, 1.54) is 24.3 Å². The molecule has 2 aliphatic rings. The third-order valence-corrected chi connectivity index (χ3v) is 6.54. The van der Waals surface area contributed by atoms with Crippen molar-refractivity contribution in [2.75, 3.05) is 31.6 Å². The number of carbonyl (C=O) groups excluding carboxylic acids is 2. The number of hydrogen-bond donors (Lipinski definition) is 4. The van der Waals surface area contributed by atoms with Crippen LogP contribution in [0.4, 0.5) is 20.7 Å². The number of rotatable bonds is 7. The SMILES string of the molecule is C[C@]1(N)CN(C(=O)OCC2(CN)CC2)CC[C@H]1n1cc(C(N)=O)c(Nc2ccc(F)cc2)n1. The number of hydrogen-bond acceptors (Lipinski definition) is 7. The lowest BCUT2D eigenvalue weighted by atomic mass is 9.87. The molecule has 1 aliphatic heterocycles. The fourth-order valence-corrected chi connectivity index (χ4v) is 4.18. The van der Waals surface area contributed by atoms with Gasteiger partial charge < -0.3 is 32.2 Å². The van der Waals surface area contributed by atoms with Gasteiger partial charge in [-0.3, -0.25) is 9.48 Å². The minimum absolute atomic E-state index is 0.0614. The summed E-state index contributed by atoms with van der Waals surface area (Å²) in [7, 11) is 0. The van der Waals surface area contributed by atoms with Gasteiger partial charge in [0, 0.05) is 36.9 Å². The molecule has 2 atom stereocenters. The maximum absolute atomic E-state index is 13.2. The second-order valence-corrected chi connectivity index (χ2v) is 9.36. The van der Waals surface area contributed by atoms with Crippen LogP contribution in [0.25, 0.3) is 0 Å². The molecule has 7 N–H and O–H groups in total. The zero-order valence-electron chi connectivity index (χ0n) is 18.6. The van der Waals surface area contributed by atoms with Gasteiger partial charge in [0.15, 0.2) is 5.82 Å². The van der Waals surface area contributed by atoms with Crippen LogP contribution >= 0.6 is 0 Å². The van der Waals surface area contributed by atoms with Crippen molar-refractivity contribution in [3.8, 4) is 0 Å². The summed E-state index contributed by atoms with van der Waals surface area (Å²) in [5.74, 6) is -0.775. The van der Waals surface area contributed by atoms with Crippen molar-refractivity contribution in [1.82, 2.24) is 14.7 Å². The van der Waals surface area contributed by atoms with E-state index in [4.69, 9.17) is 21.9 Å². The largest absolute Gasteiger partial charge is 0.449 e. The van der Waals surface area contributed by atoms with Crippen molar-refractivity contribution in [1.29, 1.82) is 0 Å². The van der Waals surface area contributed by atoms with Crippen molar-refractivity contribution in [2.45, 2.75) is 37.8 Å². The molecule has 2 amide bonds. The van der Waals surface area contributed by atoms with Gasteiger partial charge in [-0.1, -0.05) is 0 Å². The smallest absolute Gasteiger partial charge is 0.409 e. The van der Waals surface area contributed by atoms with E-state index in [-0.39, 0.29) is 35.2 Å². The van der Waals surface area contributed by atoms with Gasteiger partial charge in [-0.05, 0) is 50.5 Å². The maximum atomic E-state index is 13.2. The second-order valence-electron chi connectivity index (χ2n) is 9.36. The van der Waals surface area contributed by atoms with Crippen molar-refractivity contribution < 1.29 is 18.7 Å². The Morgan fingerprint density at radius 1 is 1.30 bits per heavy atom. The van der Waals surface area contributed by atoms with Crippen LogP contribution in [-0.2, 0) is 4.74 Å². The molecule has 1 saturated heterocycles. The van der Waals surface area contributed by atoms with E-state index in [1.807, 2.05) is 6.92 Å². The highest BCUT2D eigenvalue weighted by Crippen LogP contribution is 2.44. The van der Waals surface area contributed by atoms with Crippen LogP contribution in [0, 0.1) is 11.2 Å². The number of primary amides is 1. The predicted molar refractivity (Wildman–Crippen MR) is 120 cm³/mol. The van der Waals surface area contributed by atoms with Gasteiger partial charge in [0.25, 0.3) is 5.91 Å². The number of piperidine rings is 1. The Morgan fingerprint density at radius 3 is 2.58 bits per heavy atom. The number of nitrogens with two attached hydrogens (primary N) is 3. The monoisotopic (exact) mass is 459 g/mol. The van der Waals surface area contributed by atoms with E-state index in [0.29, 0.717) is 31.8 Å². The van der Waals surface area contributed by atoms with Crippen LogP contribution in [0.2, 0.25) is 0 Å². The number of benzene rings is 1. The van der Waals surface area contributed by atoms with Gasteiger partial charge in [0.1, 0.15) is 18.0 Å². The molecule has 2 heterocycles. The molecule has 0 bridgehead atoms. The van der Waals surface area contributed by atoms with Crippen LogP contribution in [0.3, 0.4) is 0 Å². The topological polar surface area (TPSA) is 155 Å². The number of nitrogens with zero attached hydrogens (tertiary/aromatic N) is 3. The number of anilines is 2. The lowest BCUT2D eigenvalue weighted by molar-refractivity contribution is 0.0517. The van der Waals surface area contributed by atoms with E-state index in [0.717, 1.165) is 12.8 Å². The molecule has 0 unspecified atom stereocenters.